The molecule has 0 unspecified atom stereocenters. The number of carbonyl (C=O) groups excluding carboxylic acids is 1. The van der Waals surface area contributed by atoms with Gasteiger partial charge in [0.2, 0.25) is 5.78 Å². The number of aryl methyl sites for hydroxylation is 1. The van der Waals surface area contributed by atoms with Crippen molar-refractivity contribution in [2.24, 2.45) is 7.05 Å². The van der Waals surface area contributed by atoms with Crippen LogP contribution in [0.15, 0.2) is 28.4 Å². The second-order valence-electron chi connectivity index (χ2n) is 2.82. The average molecular weight is 271 g/mol. The molecule has 2 aromatic rings. The van der Waals surface area contributed by atoms with Crippen LogP contribution in [0, 0.1) is 0 Å². The van der Waals surface area contributed by atoms with Crippen LogP contribution in [-0.4, -0.2) is 15.3 Å². The first-order valence-corrected chi connectivity index (χ1v) is 5.61. The molecule has 2 rings (SSSR count). The van der Waals surface area contributed by atoms with E-state index in [-0.39, 0.29) is 5.78 Å². The van der Waals surface area contributed by atoms with Crippen molar-refractivity contribution in [3.8, 4) is 0 Å². The molecule has 0 aliphatic carbocycles. The Morgan fingerprint density at radius 3 is 2.93 bits per heavy atom. The van der Waals surface area contributed by atoms with E-state index in [2.05, 4.69) is 20.9 Å². The molecule has 5 heteroatoms. The summed E-state index contributed by atoms with van der Waals surface area (Å²) in [4.78, 5) is 16.6. The van der Waals surface area contributed by atoms with E-state index in [1.165, 1.54) is 11.3 Å². The van der Waals surface area contributed by atoms with Crippen LogP contribution in [0.3, 0.4) is 0 Å². The zero-order valence-electron chi connectivity index (χ0n) is 7.40. The third kappa shape index (κ3) is 1.53. The average Bonchev–Trinajstić information content (AvgIpc) is 2.73. The SMILES string of the molecule is Cn1cncc1C(=O)c1sccc1Br. The first kappa shape index (κ1) is 9.61. The Labute approximate surface area is 93.5 Å². The first-order chi connectivity index (χ1) is 6.70. The Balaban J connectivity index is 2.44. The molecule has 0 N–H and O–H groups in total. The monoisotopic (exact) mass is 270 g/mol. The van der Waals surface area contributed by atoms with Crippen molar-refractivity contribution in [1.29, 1.82) is 0 Å². The zero-order chi connectivity index (χ0) is 10.1. The molecular weight excluding hydrogens is 264 g/mol. The Kier molecular flexibility index (Phi) is 2.52. The van der Waals surface area contributed by atoms with Crippen molar-refractivity contribution in [2.75, 3.05) is 0 Å². The van der Waals surface area contributed by atoms with Gasteiger partial charge in [0.25, 0.3) is 0 Å². The maximum absolute atomic E-state index is 11.9. The highest BCUT2D eigenvalue weighted by molar-refractivity contribution is 9.10. The van der Waals surface area contributed by atoms with Crippen molar-refractivity contribution in [2.45, 2.75) is 0 Å². The second-order valence-corrected chi connectivity index (χ2v) is 4.59. The molecule has 14 heavy (non-hydrogen) atoms. The molecule has 0 saturated carbocycles. The van der Waals surface area contributed by atoms with Crippen LogP contribution in [0.4, 0.5) is 0 Å². The van der Waals surface area contributed by atoms with Gasteiger partial charge >= 0.3 is 0 Å². The maximum Gasteiger partial charge on any atom is 0.222 e. The van der Waals surface area contributed by atoms with E-state index in [9.17, 15) is 4.79 Å². The molecule has 72 valence electrons. The third-order valence-corrected chi connectivity index (χ3v) is 3.71. The quantitative estimate of drug-likeness (QED) is 0.786. The Morgan fingerprint density at radius 1 is 1.64 bits per heavy atom. The van der Waals surface area contributed by atoms with Crippen LogP contribution in [0.2, 0.25) is 0 Å². The lowest BCUT2D eigenvalue weighted by Crippen LogP contribution is -2.05. The highest BCUT2D eigenvalue weighted by Gasteiger charge is 2.16. The third-order valence-electron chi connectivity index (χ3n) is 1.87. The smallest absolute Gasteiger partial charge is 0.222 e. The molecule has 0 aromatic carbocycles. The molecule has 0 atom stereocenters. The number of nitrogens with zero attached hydrogens (tertiary/aromatic N) is 2. The molecule has 2 heterocycles. The van der Waals surface area contributed by atoms with Crippen molar-refractivity contribution >= 4 is 33.0 Å². The van der Waals surface area contributed by atoms with Crippen molar-refractivity contribution in [3.63, 3.8) is 0 Å². The number of thiophene rings is 1. The van der Waals surface area contributed by atoms with E-state index in [1.54, 1.807) is 17.1 Å². The molecule has 0 aliphatic heterocycles. The molecule has 3 nitrogen and oxygen atoms in total. The van der Waals surface area contributed by atoms with Gasteiger partial charge in [-0.1, -0.05) is 0 Å². The number of rotatable bonds is 2. The summed E-state index contributed by atoms with van der Waals surface area (Å²) in [5.74, 6) is 0.00637. The minimum absolute atomic E-state index is 0.00637. The van der Waals surface area contributed by atoms with Gasteiger partial charge in [0.15, 0.2) is 0 Å². The van der Waals surface area contributed by atoms with Gasteiger partial charge in [0.05, 0.1) is 17.4 Å². The number of carbonyl (C=O) groups is 1. The Bertz CT molecular complexity index is 432. The Hall–Kier alpha value is -0.940. The number of hydrogen-bond acceptors (Lipinski definition) is 3. The van der Waals surface area contributed by atoms with Crippen LogP contribution in [0.5, 0.6) is 0 Å². The van der Waals surface area contributed by atoms with E-state index in [0.717, 1.165) is 4.47 Å². The number of aromatic nitrogens is 2. The summed E-state index contributed by atoms with van der Waals surface area (Å²) in [5.41, 5.74) is 0.605. The zero-order valence-corrected chi connectivity index (χ0v) is 9.80. The van der Waals surface area contributed by atoms with Gasteiger partial charge in [-0.15, -0.1) is 11.3 Å². The summed E-state index contributed by atoms with van der Waals surface area (Å²) in [6, 6.07) is 1.87. The van der Waals surface area contributed by atoms with Crippen molar-refractivity contribution < 1.29 is 4.79 Å². The molecule has 2 aromatic heterocycles. The molecule has 0 spiro atoms. The minimum Gasteiger partial charge on any atom is -0.331 e. The largest absolute Gasteiger partial charge is 0.331 e. The maximum atomic E-state index is 11.9. The van der Waals surface area contributed by atoms with Gasteiger partial charge in [-0.05, 0) is 27.4 Å². The van der Waals surface area contributed by atoms with Crippen LogP contribution < -0.4 is 0 Å². The molecule has 0 fully saturated rings. The van der Waals surface area contributed by atoms with E-state index in [1.807, 2.05) is 18.5 Å². The summed E-state index contributed by atoms with van der Waals surface area (Å²) < 4.78 is 2.56. The van der Waals surface area contributed by atoms with Crippen LogP contribution >= 0.6 is 27.3 Å². The number of ketones is 1. The van der Waals surface area contributed by atoms with Crippen molar-refractivity contribution in [1.82, 2.24) is 9.55 Å². The predicted octanol–water partition coefficient (Wildman–Crippen LogP) is 2.48. The fourth-order valence-corrected chi connectivity index (χ4v) is 2.65. The van der Waals surface area contributed by atoms with Gasteiger partial charge < -0.3 is 4.57 Å². The fourth-order valence-electron chi connectivity index (χ4n) is 1.15. The summed E-state index contributed by atoms with van der Waals surface area (Å²) in [7, 11) is 1.81. The molecular formula is C9H7BrN2OS. The standard InChI is InChI=1S/C9H7BrN2OS/c1-12-5-11-4-7(12)8(13)9-6(10)2-3-14-9/h2-5H,1H3. The molecule has 0 aliphatic rings. The van der Waals surface area contributed by atoms with Gasteiger partial charge in [0, 0.05) is 11.5 Å². The Morgan fingerprint density at radius 2 is 2.43 bits per heavy atom. The lowest BCUT2D eigenvalue weighted by atomic mass is 10.2. The van der Waals surface area contributed by atoms with E-state index < -0.39 is 0 Å². The highest BCUT2D eigenvalue weighted by atomic mass is 79.9. The van der Waals surface area contributed by atoms with Gasteiger partial charge in [-0.2, -0.15) is 0 Å². The molecule has 0 amide bonds. The van der Waals surface area contributed by atoms with Gasteiger partial charge in [-0.3, -0.25) is 4.79 Å². The van der Waals surface area contributed by atoms with Crippen LogP contribution in [-0.2, 0) is 7.05 Å². The van der Waals surface area contributed by atoms with Gasteiger partial charge in [0.1, 0.15) is 5.69 Å². The van der Waals surface area contributed by atoms with Crippen molar-refractivity contribution in [3.05, 3.63) is 39.0 Å². The summed E-state index contributed by atoms with van der Waals surface area (Å²) >= 11 is 4.76. The highest BCUT2D eigenvalue weighted by Crippen LogP contribution is 2.25. The van der Waals surface area contributed by atoms with E-state index in [4.69, 9.17) is 0 Å². The molecule has 0 saturated heterocycles. The number of hydrogen-bond donors (Lipinski definition) is 0. The molecule has 0 bridgehead atoms. The van der Waals surface area contributed by atoms with Crippen LogP contribution in [0.1, 0.15) is 15.4 Å². The minimum atomic E-state index is 0.00637. The lowest BCUT2D eigenvalue weighted by Gasteiger charge is -1.98. The second kappa shape index (κ2) is 3.67. The van der Waals surface area contributed by atoms with Crippen LogP contribution in [0.25, 0.3) is 0 Å². The lowest BCUT2D eigenvalue weighted by molar-refractivity contribution is 0.103. The van der Waals surface area contributed by atoms with E-state index in [0.29, 0.717) is 10.6 Å². The molecule has 0 radical (unpaired) electrons. The number of imidazole rings is 1. The number of halogens is 1. The van der Waals surface area contributed by atoms with Gasteiger partial charge in [-0.25, -0.2) is 4.98 Å². The first-order valence-electron chi connectivity index (χ1n) is 3.94. The summed E-state index contributed by atoms with van der Waals surface area (Å²) in [6.45, 7) is 0. The summed E-state index contributed by atoms with van der Waals surface area (Å²) in [6.07, 6.45) is 3.20. The summed E-state index contributed by atoms with van der Waals surface area (Å²) in [5, 5.41) is 1.88. The predicted molar refractivity (Wildman–Crippen MR) is 58.7 cm³/mol. The van der Waals surface area contributed by atoms with E-state index >= 15 is 0 Å². The topological polar surface area (TPSA) is 34.9 Å². The normalized spacial score (nSPS) is 10.4. The fraction of sp³-hybridized carbons (Fsp3) is 0.111.